The Morgan fingerprint density at radius 1 is 1.53 bits per heavy atom. The van der Waals surface area contributed by atoms with E-state index in [1.54, 1.807) is 6.92 Å². The number of carbonyl (C=O) groups is 2. The first-order valence-electron chi connectivity index (χ1n) is 5.43. The fourth-order valence-corrected chi connectivity index (χ4v) is 4.01. The Kier molecular flexibility index (Phi) is 3.67. The summed E-state index contributed by atoms with van der Waals surface area (Å²) in [6.45, 7) is 3.02. The summed E-state index contributed by atoms with van der Waals surface area (Å²) in [5.74, 6) is -0.563. The number of anilines is 1. The van der Waals surface area contributed by atoms with Gasteiger partial charge >= 0.3 is 0 Å². The molecular weight excluding hydrogens is 312 g/mol. The molecule has 1 aliphatic rings. The number of hydrogen-bond acceptors (Lipinski definition) is 6. The second-order valence-corrected chi connectivity index (χ2v) is 7.97. The summed E-state index contributed by atoms with van der Waals surface area (Å²) in [7, 11) is 1.49. The zero-order valence-corrected chi connectivity index (χ0v) is 12.6. The van der Waals surface area contributed by atoms with Gasteiger partial charge in [0.15, 0.2) is 5.78 Å². The first-order valence-corrected chi connectivity index (χ1v) is 8.57. The fraction of sp³-hybridized carbons (Fsp3) is 0.500. The van der Waals surface area contributed by atoms with Crippen LogP contribution in [0.3, 0.4) is 0 Å². The number of carbonyl (C=O) groups excluding carboxylic acids is 2. The molecule has 1 unspecified atom stereocenters. The van der Waals surface area contributed by atoms with Gasteiger partial charge in [0.2, 0.25) is 15.0 Å². The van der Waals surface area contributed by atoms with E-state index in [0.29, 0.717) is 16.3 Å². The highest BCUT2D eigenvalue weighted by molar-refractivity contribution is 8.14. The number of Topliss-reactive ketones (excluding diaryl/α,β-unsaturated/α-hetero) is 1. The number of rotatable bonds is 3. The Morgan fingerprint density at radius 3 is 2.63 bits per heavy atom. The average molecular weight is 323 g/mol. The number of amides is 1. The summed E-state index contributed by atoms with van der Waals surface area (Å²) in [5, 5.41) is -0.540. The number of ketones is 1. The van der Waals surface area contributed by atoms with Crippen molar-refractivity contribution < 1.29 is 18.0 Å². The minimum absolute atomic E-state index is 0.0351. The van der Waals surface area contributed by atoms with Crippen LogP contribution >= 0.6 is 22.2 Å². The van der Waals surface area contributed by atoms with Crippen LogP contribution in [0.1, 0.15) is 29.4 Å². The van der Waals surface area contributed by atoms with E-state index in [2.05, 4.69) is 4.37 Å². The van der Waals surface area contributed by atoms with Crippen molar-refractivity contribution in [3.05, 3.63) is 11.3 Å². The van der Waals surface area contributed by atoms with Gasteiger partial charge in [-0.25, -0.2) is 8.42 Å². The third-order valence-corrected chi connectivity index (χ3v) is 5.76. The number of aromatic nitrogens is 1. The third kappa shape index (κ3) is 2.65. The average Bonchev–Trinajstić information content (AvgIpc) is 2.80. The van der Waals surface area contributed by atoms with Crippen LogP contribution in [0, 0.1) is 6.92 Å². The van der Waals surface area contributed by atoms with Crippen LogP contribution in [-0.2, 0) is 13.8 Å². The molecule has 1 amide bonds. The lowest BCUT2D eigenvalue weighted by Gasteiger charge is -2.14. The highest BCUT2D eigenvalue weighted by Gasteiger charge is 2.40. The molecule has 19 heavy (non-hydrogen) atoms. The summed E-state index contributed by atoms with van der Waals surface area (Å²) < 4.78 is 26.6. The van der Waals surface area contributed by atoms with Crippen LogP contribution in [0.5, 0.6) is 0 Å². The van der Waals surface area contributed by atoms with E-state index in [4.69, 9.17) is 10.7 Å². The third-order valence-electron chi connectivity index (χ3n) is 2.93. The van der Waals surface area contributed by atoms with E-state index in [-0.39, 0.29) is 24.7 Å². The Labute approximate surface area is 118 Å². The molecule has 0 radical (unpaired) electrons. The van der Waals surface area contributed by atoms with E-state index in [1.807, 2.05) is 0 Å². The van der Waals surface area contributed by atoms with Gasteiger partial charge in [-0.3, -0.25) is 9.59 Å². The van der Waals surface area contributed by atoms with Gasteiger partial charge in [0.05, 0.1) is 11.3 Å². The van der Waals surface area contributed by atoms with Crippen molar-refractivity contribution in [2.45, 2.75) is 25.5 Å². The van der Waals surface area contributed by atoms with Crippen molar-refractivity contribution in [2.75, 3.05) is 11.4 Å². The number of halogens is 1. The molecule has 1 aromatic heterocycles. The fourth-order valence-electron chi connectivity index (χ4n) is 2.01. The highest BCUT2D eigenvalue weighted by Crippen LogP contribution is 2.34. The number of nitrogens with zero attached hydrogens (tertiary/aromatic N) is 2. The van der Waals surface area contributed by atoms with Gasteiger partial charge in [-0.15, -0.1) is 0 Å². The predicted octanol–water partition coefficient (Wildman–Crippen LogP) is 1.33. The molecule has 1 saturated heterocycles. The molecule has 104 valence electrons. The van der Waals surface area contributed by atoms with E-state index in [0.717, 1.165) is 11.5 Å². The normalized spacial score (nSPS) is 20.1. The van der Waals surface area contributed by atoms with Gasteiger partial charge in [0, 0.05) is 23.6 Å². The van der Waals surface area contributed by atoms with E-state index in [1.165, 1.54) is 11.8 Å². The van der Waals surface area contributed by atoms with Crippen LogP contribution in [-0.4, -0.2) is 36.3 Å². The summed E-state index contributed by atoms with van der Waals surface area (Å²) in [6.07, 6.45) is -0.167. The van der Waals surface area contributed by atoms with Crippen LogP contribution < -0.4 is 4.90 Å². The van der Waals surface area contributed by atoms with Crippen molar-refractivity contribution >= 4 is 48.0 Å². The van der Waals surface area contributed by atoms with Crippen LogP contribution in [0.25, 0.3) is 0 Å². The smallest absolute Gasteiger partial charge is 0.237 e. The van der Waals surface area contributed by atoms with Crippen LogP contribution in [0.2, 0.25) is 0 Å². The predicted molar refractivity (Wildman–Crippen MR) is 72.4 cm³/mol. The summed E-state index contributed by atoms with van der Waals surface area (Å²) in [5.41, 5.74) is 0.906. The SMILES string of the molecule is CC(=O)c1c(C)nsc1N1CC(S(=O)(=O)Cl)CC1=O. The maximum absolute atomic E-state index is 11.9. The van der Waals surface area contributed by atoms with E-state index < -0.39 is 14.3 Å². The lowest BCUT2D eigenvalue weighted by atomic mass is 10.2. The molecule has 9 heteroatoms. The lowest BCUT2D eigenvalue weighted by Crippen LogP contribution is -2.27. The molecule has 0 spiro atoms. The zero-order chi connectivity index (χ0) is 14.4. The van der Waals surface area contributed by atoms with E-state index >= 15 is 0 Å². The molecule has 2 heterocycles. The Bertz CT molecular complexity index is 652. The first kappa shape index (κ1) is 14.4. The van der Waals surface area contributed by atoms with Gasteiger partial charge in [-0.1, -0.05) is 0 Å². The highest BCUT2D eigenvalue weighted by atomic mass is 35.7. The molecule has 1 aliphatic heterocycles. The minimum atomic E-state index is -3.79. The summed E-state index contributed by atoms with van der Waals surface area (Å²) in [4.78, 5) is 24.7. The minimum Gasteiger partial charge on any atom is -0.301 e. The molecule has 0 aliphatic carbocycles. The van der Waals surface area contributed by atoms with Gasteiger partial charge in [-0.05, 0) is 25.4 Å². The topological polar surface area (TPSA) is 84.4 Å². The molecule has 1 atom stereocenters. The van der Waals surface area contributed by atoms with Crippen molar-refractivity contribution in [3.63, 3.8) is 0 Å². The molecule has 0 bridgehead atoms. The molecule has 1 aromatic rings. The zero-order valence-electron chi connectivity index (χ0n) is 10.2. The van der Waals surface area contributed by atoms with Crippen molar-refractivity contribution in [3.8, 4) is 0 Å². The van der Waals surface area contributed by atoms with Crippen molar-refractivity contribution in [1.82, 2.24) is 4.37 Å². The van der Waals surface area contributed by atoms with Crippen LogP contribution in [0.15, 0.2) is 0 Å². The standard InChI is InChI=1S/C10H11ClN2O4S2/c1-5-9(6(2)14)10(18-12-5)13-4-7(3-8(13)15)19(11,16)17/h7H,3-4H2,1-2H3. The monoisotopic (exact) mass is 322 g/mol. The molecular formula is C10H11ClN2O4S2. The van der Waals surface area contributed by atoms with Crippen molar-refractivity contribution in [1.29, 1.82) is 0 Å². The molecule has 1 fully saturated rings. The quantitative estimate of drug-likeness (QED) is 0.619. The maximum Gasteiger partial charge on any atom is 0.237 e. The molecule has 2 rings (SSSR count). The second kappa shape index (κ2) is 4.84. The molecule has 6 nitrogen and oxygen atoms in total. The van der Waals surface area contributed by atoms with Crippen molar-refractivity contribution in [2.24, 2.45) is 0 Å². The maximum atomic E-state index is 11.9. The molecule has 0 N–H and O–H groups in total. The number of hydrogen-bond donors (Lipinski definition) is 0. The first-order chi connectivity index (χ1) is 8.71. The van der Waals surface area contributed by atoms with Gasteiger partial charge < -0.3 is 4.90 Å². The largest absolute Gasteiger partial charge is 0.301 e. The summed E-state index contributed by atoms with van der Waals surface area (Å²) >= 11 is 1.01. The van der Waals surface area contributed by atoms with Gasteiger partial charge in [0.1, 0.15) is 10.3 Å². The summed E-state index contributed by atoms with van der Waals surface area (Å²) in [6, 6.07) is 0. The molecule has 0 saturated carbocycles. The Balaban J connectivity index is 2.39. The second-order valence-electron chi connectivity index (χ2n) is 4.31. The van der Waals surface area contributed by atoms with Crippen LogP contribution in [0.4, 0.5) is 5.00 Å². The Morgan fingerprint density at radius 2 is 2.16 bits per heavy atom. The Hall–Kier alpha value is -0.990. The van der Waals surface area contributed by atoms with E-state index in [9.17, 15) is 18.0 Å². The molecule has 0 aromatic carbocycles. The van der Waals surface area contributed by atoms with Gasteiger partial charge in [-0.2, -0.15) is 4.37 Å². The number of aryl methyl sites for hydroxylation is 1. The lowest BCUT2D eigenvalue weighted by molar-refractivity contribution is -0.117. The van der Waals surface area contributed by atoms with Gasteiger partial charge in [0.25, 0.3) is 0 Å².